The molecule has 3 aromatic rings. The van der Waals surface area contributed by atoms with Crippen molar-refractivity contribution in [3.05, 3.63) is 94.5 Å². The van der Waals surface area contributed by atoms with Crippen LogP contribution in [-0.4, -0.2) is 37.4 Å². The van der Waals surface area contributed by atoms with Crippen LogP contribution in [0.25, 0.3) is 0 Å². The summed E-state index contributed by atoms with van der Waals surface area (Å²) in [4.78, 5) is 40.2. The molecule has 0 saturated carbocycles. The topological polar surface area (TPSA) is 75.7 Å². The Labute approximate surface area is 203 Å². The van der Waals surface area contributed by atoms with Gasteiger partial charge in [0, 0.05) is 40.6 Å². The predicted molar refractivity (Wildman–Crippen MR) is 133 cm³/mol. The highest BCUT2D eigenvalue weighted by molar-refractivity contribution is 6.30. The molecule has 0 bridgehead atoms. The van der Waals surface area contributed by atoms with E-state index in [0.717, 1.165) is 18.8 Å². The summed E-state index contributed by atoms with van der Waals surface area (Å²) in [6.07, 6.45) is 3.65. The number of esters is 1. The van der Waals surface area contributed by atoms with Crippen molar-refractivity contribution in [2.75, 3.05) is 29.9 Å². The molecule has 1 N–H and O–H groups in total. The zero-order chi connectivity index (χ0) is 23.9. The molecule has 3 aromatic carbocycles. The molecular formula is C27H25ClN2O4. The molecule has 0 aromatic heterocycles. The lowest BCUT2D eigenvalue weighted by molar-refractivity contribution is -0.119. The third-order valence-corrected chi connectivity index (χ3v) is 5.96. The highest BCUT2D eigenvalue weighted by atomic mass is 35.5. The van der Waals surface area contributed by atoms with E-state index in [1.807, 2.05) is 24.3 Å². The maximum Gasteiger partial charge on any atom is 0.339 e. The molecule has 7 heteroatoms. The first kappa shape index (κ1) is 23.5. The SMILES string of the molecule is O=C(COC(=O)c1ccccc1C(=O)c1ccc(Cl)cc1)Nc1ccc(N2CCCCC2)cc1. The number of nitrogens with one attached hydrogen (secondary N) is 1. The Morgan fingerprint density at radius 2 is 1.47 bits per heavy atom. The fourth-order valence-electron chi connectivity index (χ4n) is 3.93. The number of ether oxygens (including phenoxy) is 1. The second-order valence-corrected chi connectivity index (χ2v) is 8.54. The van der Waals surface area contributed by atoms with Gasteiger partial charge in [-0.2, -0.15) is 0 Å². The first-order chi connectivity index (χ1) is 16.5. The lowest BCUT2D eigenvalue weighted by atomic mass is 9.98. The quantitative estimate of drug-likeness (QED) is 0.367. The van der Waals surface area contributed by atoms with E-state index in [-0.39, 0.29) is 16.9 Å². The number of hydrogen-bond acceptors (Lipinski definition) is 5. The van der Waals surface area contributed by atoms with E-state index in [9.17, 15) is 14.4 Å². The van der Waals surface area contributed by atoms with Gasteiger partial charge in [0.05, 0.1) is 5.56 Å². The molecule has 1 aliphatic heterocycles. The minimum absolute atomic E-state index is 0.0983. The Balaban J connectivity index is 1.35. The van der Waals surface area contributed by atoms with Crippen molar-refractivity contribution in [2.24, 2.45) is 0 Å². The third-order valence-electron chi connectivity index (χ3n) is 5.70. The molecule has 1 fully saturated rings. The number of piperidine rings is 1. The van der Waals surface area contributed by atoms with Crippen LogP contribution in [0.4, 0.5) is 11.4 Å². The molecule has 0 unspecified atom stereocenters. The molecule has 0 atom stereocenters. The smallest absolute Gasteiger partial charge is 0.339 e. The Kier molecular flexibility index (Phi) is 7.60. The third kappa shape index (κ3) is 5.83. The van der Waals surface area contributed by atoms with Crippen LogP contribution in [0.15, 0.2) is 72.8 Å². The first-order valence-corrected chi connectivity index (χ1v) is 11.6. The number of benzene rings is 3. The van der Waals surface area contributed by atoms with Crippen LogP contribution in [-0.2, 0) is 9.53 Å². The van der Waals surface area contributed by atoms with Crippen LogP contribution >= 0.6 is 11.6 Å². The molecule has 1 amide bonds. The van der Waals surface area contributed by atoms with Gasteiger partial charge in [0.15, 0.2) is 12.4 Å². The van der Waals surface area contributed by atoms with Gasteiger partial charge in [0.1, 0.15) is 0 Å². The molecule has 0 radical (unpaired) electrons. The van der Waals surface area contributed by atoms with Crippen molar-refractivity contribution in [1.29, 1.82) is 0 Å². The highest BCUT2D eigenvalue weighted by Crippen LogP contribution is 2.22. The maximum atomic E-state index is 12.9. The van der Waals surface area contributed by atoms with E-state index >= 15 is 0 Å². The van der Waals surface area contributed by atoms with Gasteiger partial charge in [0.25, 0.3) is 5.91 Å². The van der Waals surface area contributed by atoms with Crippen LogP contribution < -0.4 is 10.2 Å². The minimum Gasteiger partial charge on any atom is -0.452 e. The molecule has 1 saturated heterocycles. The number of rotatable bonds is 7. The largest absolute Gasteiger partial charge is 0.452 e. The summed E-state index contributed by atoms with van der Waals surface area (Å²) in [6, 6.07) is 20.4. The normalized spacial score (nSPS) is 13.3. The van der Waals surface area contributed by atoms with Crippen LogP contribution in [0.1, 0.15) is 45.5 Å². The van der Waals surface area contributed by atoms with E-state index < -0.39 is 18.5 Å². The predicted octanol–water partition coefficient (Wildman–Crippen LogP) is 5.36. The van der Waals surface area contributed by atoms with Crippen molar-refractivity contribution in [1.82, 2.24) is 0 Å². The van der Waals surface area contributed by atoms with Crippen LogP contribution in [0, 0.1) is 0 Å². The van der Waals surface area contributed by atoms with Crippen LogP contribution in [0.3, 0.4) is 0 Å². The number of halogens is 1. The van der Waals surface area contributed by atoms with Gasteiger partial charge in [-0.1, -0.05) is 29.8 Å². The van der Waals surface area contributed by atoms with Crippen LogP contribution in [0.5, 0.6) is 0 Å². The molecule has 6 nitrogen and oxygen atoms in total. The average Bonchev–Trinajstić information content (AvgIpc) is 2.88. The number of nitrogens with zero attached hydrogens (tertiary/aromatic N) is 1. The number of hydrogen-bond donors (Lipinski definition) is 1. The van der Waals surface area contributed by atoms with Gasteiger partial charge >= 0.3 is 5.97 Å². The monoisotopic (exact) mass is 476 g/mol. The standard InChI is InChI=1S/C27H25ClN2O4/c28-20-10-8-19(9-11-20)26(32)23-6-2-3-7-24(23)27(33)34-18-25(31)29-21-12-14-22(15-13-21)30-16-4-1-5-17-30/h2-3,6-15H,1,4-5,16-18H2,(H,29,31). The lowest BCUT2D eigenvalue weighted by Crippen LogP contribution is -2.29. The van der Waals surface area contributed by atoms with Crippen LogP contribution in [0.2, 0.25) is 5.02 Å². The van der Waals surface area contributed by atoms with Crippen molar-refractivity contribution < 1.29 is 19.1 Å². The molecule has 0 spiro atoms. The average molecular weight is 477 g/mol. The number of anilines is 2. The highest BCUT2D eigenvalue weighted by Gasteiger charge is 2.20. The van der Waals surface area contributed by atoms with E-state index in [1.165, 1.54) is 25.3 Å². The molecule has 34 heavy (non-hydrogen) atoms. The zero-order valence-electron chi connectivity index (χ0n) is 18.6. The first-order valence-electron chi connectivity index (χ1n) is 11.2. The van der Waals surface area contributed by atoms with E-state index in [2.05, 4.69) is 10.2 Å². The molecular weight excluding hydrogens is 452 g/mol. The summed E-state index contributed by atoms with van der Waals surface area (Å²) < 4.78 is 5.19. The van der Waals surface area contributed by atoms with E-state index in [1.54, 1.807) is 42.5 Å². The second kappa shape index (κ2) is 11.0. The molecule has 1 aliphatic rings. The summed E-state index contributed by atoms with van der Waals surface area (Å²) in [5, 5.41) is 3.24. The fraction of sp³-hybridized carbons (Fsp3) is 0.222. The second-order valence-electron chi connectivity index (χ2n) is 8.10. The molecule has 4 rings (SSSR count). The Morgan fingerprint density at radius 1 is 0.824 bits per heavy atom. The number of ketones is 1. The van der Waals surface area contributed by atoms with Crippen molar-refractivity contribution in [2.45, 2.75) is 19.3 Å². The lowest BCUT2D eigenvalue weighted by Gasteiger charge is -2.28. The van der Waals surface area contributed by atoms with Gasteiger partial charge in [-0.3, -0.25) is 9.59 Å². The molecule has 174 valence electrons. The van der Waals surface area contributed by atoms with Crippen molar-refractivity contribution in [3.8, 4) is 0 Å². The van der Waals surface area contributed by atoms with Gasteiger partial charge in [0.2, 0.25) is 0 Å². The van der Waals surface area contributed by atoms with Gasteiger partial charge < -0.3 is 15.0 Å². The Hall–Kier alpha value is -3.64. The van der Waals surface area contributed by atoms with E-state index in [0.29, 0.717) is 16.3 Å². The van der Waals surface area contributed by atoms with E-state index in [4.69, 9.17) is 16.3 Å². The summed E-state index contributed by atoms with van der Waals surface area (Å²) >= 11 is 5.89. The summed E-state index contributed by atoms with van der Waals surface area (Å²) in [7, 11) is 0. The summed E-state index contributed by atoms with van der Waals surface area (Å²) in [6.45, 7) is 1.63. The number of amides is 1. The Morgan fingerprint density at radius 3 is 2.15 bits per heavy atom. The number of carbonyl (C=O) groups is 3. The fourth-order valence-corrected chi connectivity index (χ4v) is 4.06. The molecule has 1 heterocycles. The van der Waals surface area contributed by atoms with Crippen molar-refractivity contribution >= 4 is 40.6 Å². The van der Waals surface area contributed by atoms with Gasteiger partial charge in [-0.05, 0) is 73.9 Å². The van der Waals surface area contributed by atoms with Gasteiger partial charge in [-0.25, -0.2) is 4.79 Å². The van der Waals surface area contributed by atoms with Gasteiger partial charge in [-0.15, -0.1) is 0 Å². The zero-order valence-corrected chi connectivity index (χ0v) is 19.4. The van der Waals surface area contributed by atoms with Crippen molar-refractivity contribution in [3.63, 3.8) is 0 Å². The summed E-state index contributed by atoms with van der Waals surface area (Å²) in [5.41, 5.74) is 2.45. The summed E-state index contributed by atoms with van der Waals surface area (Å²) in [5.74, 6) is -1.53. The number of carbonyl (C=O) groups excluding carboxylic acids is 3. The maximum absolute atomic E-state index is 12.9. The minimum atomic E-state index is -0.742. The Bertz CT molecular complexity index is 1170. The molecule has 0 aliphatic carbocycles.